The number of benzene rings is 1. The summed E-state index contributed by atoms with van der Waals surface area (Å²) in [4.78, 5) is 8.08. The number of aliphatic hydroxyl groups is 1. The number of aliphatic hydroxyl groups excluding tert-OH is 1. The SMILES string of the molecule is COc1nccnc1C(O)c1cccc(Br)c1Cl. The summed E-state index contributed by atoms with van der Waals surface area (Å²) >= 11 is 9.45. The lowest BCUT2D eigenvalue weighted by atomic mass is 10.1. The Kier molecular flexibility index (Phi) is 4.16. The van der Waals surface area contributed by atoms with Crippen molar-refractivity contribution in [3.05, 3.63) is 51.3 Å². The number of hydrogen-bond donors (Lipinski definition) is 1. The number of halogens is 2. The molecule has 0 fully saturated rings. The molecule has 0 spiro atoms. The molecule has 18 heavy (non-hydrogen) atoms. The number of nitrogens with zero attached hydrogens (tertiary/aromatic N) is 2. The highest BCUT2D eigenvalue weighted by atomic mass is 79.9. The van der Waals surface area contributed by atoms with Gasteiger partial charge in [0.1, 0.15) is 11.8 Å². The molecule has 0 saturated heterocycles. The molecule has 6 heteroatoms. The van der Waals surface area contributed by atoms with Crippen molar-refractivity contribution in [3.63, 3.8) is 0 Å². The van der Waals surface area contributed by atoms with Crippen LogP contribution in [0.3, 0.4) is 0 Å². The summed E-state index contributed by atoms with van der Waals surface area (Å²) in [5.41, 5.74) is 0.879. The highest BCUT2D eigenvalue weighted by Crippen LogP contribution is 2.34. The van der Waals surface area contributed by atoms with Gasteiger partial charge >= 0.3 is 0 Å². The quantitative estimate of drug-likeness (QED) is 0.940. The van der Waals surface area contributed by atoms with Crippen LogP contribution in [-0.2, 0) is 0 Å². The van der Waals surface area contributed by atoms with Gasteiger partial charge < -0.3 is 9.84 Å². The number of aromatic nitrogens is 2. The number of methoxy groups -OCH3 is 1. The summed E-state index contributed by atoms with van der Waals surface area (Å²) in [6.45, 7) is 0. The first kappa shape index (κ1) is 13.3. The van der Waals surface area contributed by atoms with E-state index < -0.39 is 6.10 Å². The fourth-order valence-electron chi connectivity index (χ4n) is 1.56. The van der Waals surface area contributed by atoms with Gasteiger partial charge in [-0.05, 0) is 22.0 Å². The van der Waals surface area contributed by atoms with E-state index in [1.54, 1.807) is 18.2 Å². The molecule has 1 N–H and O–H groups in total. The van der Waals surface area contributed by atoms with Crippen molar-refractivity contribution in [2.45, 2.75) is 6.10 Å². The predicted octanol–water partition coefficient (Wildman–Crippen LogP) is 2.98. The van der Waals surface area contributed by atoms with Gasteiger partial charge in [0.2, 0.25) is 5.88 Å². The fraction of sp³-hybridized carbons (Fsp3) is 0.167. The van der Waals surface area contributed by atoms with Crippen molar-refractivity contribution in [2.75, 3.05) is 7.11 Å². The van der Waals surface area contributed by atoms with Crippen molar-refractivity contribution < 1.29 is 9.84 Å². The van der Waals surface area contributed by atoms with Gasteiger partial charge in [-0.3, -0.25) is 4.98 Å². The minimum absolute atomic E-state index is 0.279. The van der Waals surface area contributed by atoms with Crippen LogP contribution in [0.1, 0.15) is 17.4 Å². The second-order valence-electron chi connectivity index (χ2n) is 3.50. The third-order valence-electron chi connectivity index (χ3n) is 2.42. The van der Waals surface area contributed by atoms with Gasteiger partial charge in [-0.15, -0.1) is 0 Å². The van der Waals surface area contributed by atoms with Crippen LogP contribution in [0.5, 0.6) is 5.88 Å². The largest absolute Gasteiger partial charge is 0.480 e. The first-order valence-corrected chi connectivity index (χ1v) is 6.29. The monoisotopic (exact) mass is 328 g/mol. The molecule has 0 saturated carbocycles. The highest BCUT2D eigenvalue weighted by molar-refractivity contribution is 9.10. The Morgan fingerprint density at radius 1 is 1.33 bits per heavy atom. The minimum atomic E-state index is -0.987. The topological polar surface area (TPSA) is 55.2 Å². The Bertz CT molecular complexity index is 566. The average Bonchev–Trinajstić information content (AvgIpc) is 2.41. The Labute approximate surface area is 118 Å². The van der Waals surface area contributed by atoms with Crippen LogP contribution >= 0.6 is 27.5 Å². The van der Waals surface area contributed by atoms with E-state index in [1.807, 2.05) is 0 Å². The maximum atomic E-state index is 10.3. The molecule has 1 atom stereocenters. The Morgan fingerprint density at radius 3 is 2.78 bits per heavy atom. The third-order valence-corrected chi connectivity index (χ3v) is 3.73. The van der Waals surface area contributed by atoms with Crippen molar-refractivity contribution in [2.24, 2.45) is 0 Å². The van der Waals surface area contributed by atoms with Crippen LogP contribution in [0.15, 0.2) is 35.1 Å². The number of ether oxygens (including phenoxy) is 1. The van der Waals surface area contributed by atoms with Crippen molar-refractivity contribution in [3.8, 4) is 5.88 Å². The lowest BCUT2D eigenvalue weighted by Crippen LogP contribution is -2.06. The number of hydrogen-bond acceptors (Lipinski definition) is 4. The molecule has 94 valence electrons. The van der Waals surface area contributed by atoms with Crippen LogP contribution in [0.25, 0.3) is 0 Å². The molecular formula is C12H10BrClN2O2. The molecule has 1 aromatic heterocycles. The van der Waals surface area contributed by atoms with Gasteiger partial charge in [0.15, 0.2) is 0 Å². The molecule has 1 heterocycles. The van der Waals surface area contributed by atoms with Gasteiger partial charge in [0.25, 0.3) is 0 Å². The van der Waals surface area contributed by atoms with Crippen molar-refractivity contribution >= 4 is 27.5 Å². The molecule has 2 aromatic rings. The van der Waals surface area contributed by atoms with Crippen LogP contribution in [0, 0.1) is 0 Å². The molecule has 0 aliphatic carbocycles. The van der Waals surface area contributed by atoms with E-state index in [2.05, 4.69) is 25.9 Å². The summed E-state index contributed by atoms with van der Waals surface area (Å²) in [5, 5.41) is 10.8. The summed E-state index contributed by atoms with van der Waals surface area (Å²) < 4.78 is 5.78. The Balaban J connectivity index is 2.48. The minimum Gasteiger partial charge on any atom is -0.480 e. The maximum absolute atomic E-state index is 10.3. The molecule has 0 aliphatic heterocycles. The second kappa shape index (κ2) is 5.65. The van der Waals surface area contributed by atoms with Gasteiger partial charge in [-0.25, -0.2) is 4.98 Å². The van der Waals surface area contributed by atoms with Crippen LogP contribution in [-0.4, -0.2) is 22.2 Å². The lowest BCUT2D eigenvalue weighted by molar-refractivity contribution is 0.207. The van der Waals surface area contributed by atoms with E-state index in [1.165, 1.54) is 19.5 Å². The summed E-state index contributed by atoms with van der Waals surface area (Å²) in [6.07, 6.45) is 2.00. The van der Waals surface area contributed by atoms with E-state index in [4.69, 9.17) is 16.3 Å². The van der Waals surface area contributed by atoms with Crippen LogP contribution in [0.2, 0.25) is 5.02 Å². The summed E-state index contributed by atoms with van der Waals surface area (Å²) in [7, 11) is 1.47. The Morgan fingerprint density at radius 2 is 2.06 bits per heavy atom. The number of rotatable bonds is 3. The lowest BCUT2D eigenvalue weighted by Gasteiger charge is -2.14. The smallest absolute Gasteiger partial charge is 0.238 e. The zero-order chi connectivity index (χ0) is 13.1. The van der Waals surface area contributed by atoms with E-state index in [-0.39, 0.29) is 5.88 Å². The summed E-state index contributed by atoms with van der Waals surface area (Å²) in [6, 6.07) is 5.32. The van der Waals surface area contributed by atoms with Crippen molar-refractivity contribution in [1.82, 2.24) is 9.97 Å². The fourth-order valence-corrected chi connectivity index (χ4v) is 2.17. The van der Waals surface area contributed by atoms with Crippen molar-refractivity contribution in [1.29, 1.82) is 0 Å². The molecular weight excluding hydrogens is 320 g/mol. The molecule has 0 bridgehead atoms. The Hall–Kier alpha value is -1.17. The molecule has 1 aromatic carbocycles. The predicted molar refractivity (Wildman–Crippen MR) is 71.8 cm³/mol. The molecule has 1 unspecified atom stereocenters. The van der Waals surface area contributed by atoms with E-state index >= 15 is 0 Å². The van der Waals surface area contributed by atoms with E-state index in [0.717, 1.165) is 0 Å². The highest BCUT2D eigenvalue weighted by Gasteiger charge is 2.21. The standard InChI is InChI=1S/C12H10BrClN2O2/c1-18-12-10(15-5-6-16-12)11(17)7-3-2-4-8(13)9(7)14/h2-6,11,17H,1H3. The average molecular weight is 330 g/mol. The molecule has 2 rings (SSSR count). The first-order chi connectivity index (χ1) is 8.65. The first-order valence-electron chi connectivity index (χ1n) is 5.12. The van der Waals surface area contributed by atoms with E-state index in [0.29, 0.717) is 20.8 Å². The summed E-state index contributed by atoms with van der Waals surface area (Å²) in [5.74, 6) is 0.279. The van der Waals surface area contributed by atoms with Crippen LogP contribution in [0.4, 0.5) is 0 Å². The third kappa shape index (κ3) is 2.48. The van der Waals surface area contributed by atoms with Gasteiger partial charge in [-0.1, -0.05) is 23.7 Å². The zero-order valence-corrected chi connectivity index (χ0v) is 11.8. The van der Waals surface area contributed by atoms with Crippen LogP contribution < -0.4 is 4.74 Å². The maximum Gasteiger partial charge on any atom is 0.238 e. The molecule has 4 nitrogen and oxygen atoms in total. The second-order valence-corrected chi connectivity index (χ2v) is 4.73. The normalized spacial score (nSPS) is 12.2. The zero-order valence-electron chi connectivity index (χ0n) is 9.47. The van der Waals surface area contributed by atoms with Gasteiger partial charge in [0.05, 0.1) is 12.1 Å². The van der Waals surface area contributed by atoms with Gasteiger partial charge in [-0.2, -0.15) is 0 Å². The molecule has 0 amide bonds. The molecule has 0 aliphatic rings. The van der Waals surface area contributed by atoms with Gasteiger partial charge in [0, 0.05) is 22.4 Å². The van der Waals surface area contributed by atoms with E-state index in [9.17, 15) is 5.11 Å². The molecule has 0 radical (unpaired) electrons.